The number of nitrogens with zero attached hydrogens (tertiary/aromatic N) is 4. The van der Waals surface area contributed by atoms with E-state index in [4.69, 9.17) is 0 Å². The third kappa shape index (κ3) is 5.85. The van der Waals surface area contributed by atoms with Gasteiger partial charge in [-0.3, -0.25) is 4.98 Å². The molecule has 0 bridgehead atoms. The summed E-state index contributed by atoms with van der Waals surface area (Å²) in [6.07, 6.45) is 5.74. The maximum absolute atomic E-state index is 4.63. The normalized spacial score (nSPS) is 10.8. The predicted octanol–water partition coefficient (Wildman–Crippen LogP) is 3.32. The van der Waals surface area contributed by atoms with Crippen LogP contribution in [0.5, 0.6) is 0 Å². The fourth-order valence-corrected chi connectivity index (χ4v) is 2.25. The monoisotopic (exact) mass is 313 g/mol. The number of pyridine rings is 1. The summed E-state index contributed by atoms with van der Waals surface area (Å²) in [5.74, 6) is 2.36. The number of hydrogen-bond acceptors (Lipinski definition) is 5. The van der Waals surface area contributed by atoms with E-state index in [1.807, 2.05) is 44.6 Å². The fraction of sp³-hybridized carbons (Fsp3) is 0.500. The molecule has 2 aromatic rings. The Balaban J connectivity index is 1.96. The van der Waals surface area contributed by atoms with Crippen molar-refractivity contribution in [3.05, 3.63) is 41.9 Å². The maximum atomic E-state index is 4.63. The van der Waals surface area contributed by atoms with E-state index < -0.39 is 0 Å². The molecule has 1 N–H and O–H groups in total. The van der Waals surface area contributed by atoms with Gasteiger partial charge in [-0.2, -0.15) is 4.98 Å². The molecule has 0 fully saturated rings. The van der Waals surface area contributed by atoms with Crippen molar-refractivity contribution < 1.29 is 0 Å². The zero-order chi connectivity index (χ0) is 16.7. The minimum atomic E-state index is 0.688. The molecule has 0 aliphatic heterocycles. The third-order valence-corrected chi connectivity index (χ3v) is 3.70. The summed E-state index contributed by atoms with van der Waals surface area (Å²) >= 11 is 0. The molecule has 5 heteroatoms. The summed E-state index contributed by atoms with van der Waals surface area (Å²) in [5, 5.41) is 3.40. The molecule has 0 saturated carbocycles. The average molecular weight is 313 g/mol. The van der Waals surface area contributed by atoms with Crippen molar-refractivity contribution in [3.8, 4) is 0 Å². The molecular formula is C18H27N5. The summed E-state index contributed by atoms with van der Waals surface area (Å²) in [7, 11) is 2.04. The van der Waals surface area contributed by atoms with Gasteiger partial charge in [0.2, 0.25) is 5.95 Å². The zero-order valence-electron chi connectivity index (χ0n) is 14.6. The highest BCUT2D eigenvalue weighted by atomic mass is 15.2. The first-order chi connectivity index (χ1) is 11.0. The number of anilines is 2. The number of aryl methyl sites for hydroxylation is 1. The van der Waals surface area contributed by atoms with Crippen molar-refractivity contribution in [2.24, 2.45) is 5.92 Å². The Labute approximate surface area is 139 Å². The first kappa shape index (κ1) is 17.2. The first-order valence-electron chi connectivity index (χ1n) is 8.24. The van der Waals surface area contributed by atoms with Crippen LogP contribution >= 0.6 is 0 Å². The molecule has 23 heavy (non-hydrogen) atoms. The van der Waals surface area contributed by atoms with Crippen LogP contribution in [0.15, 0.2) is 30.6 Å². The second kappa shape index (κ2) is 8.46. The van der Waals surface area contributed by atoms with Gasteiger partial charge >= 0.3 is 0 Å². The lowest BCUT2D eigenvalue weighted by Crippen LogP contribution is -2.23. The molecule has 5 nitrogen and oxygen atoms in total. The van der Waals surface area contributed by atoms with Gasteiger partial charge in [-0.1, -0.05) is 13.8 Å². The predicted molar refractivity (Wildman–Crippen MR) is 95.9 cm³/mol. The maximum Gasteiger partial charge on any atom is 0.227 e. The van der Waals surface area contributed by atoms with Gasteiger partial charge in [-0.25, -0.2) is 4.98 Å². The van der Waals surface area contributed by atoms with E-state index in [9.17, 15) is 0 Å². The number of aromatic nitrogens is 3. The molecule has 0 unspecified atom stereocenters. The molecule has 0 spiro atoms. The van der Waals surface area contributed by atoms with Gasteiger partial charge < -0.3 is 10.2 Å². The van der Waals surface area contributed by atoms with Crippen molar-refractivity contribution >= 4 is 11.8 Å². The van der Waals surface area contributed by atoms with Gasteiger partial charge in [0, 0.05) is 44.3 Å². The topological polar surface area (TPSA) is 53.9 Å². The van der Waals surface area contributed by atoms with Crippen molar-refractivity contribution in [2.45, 2.75) is 33.6 Å². The largest absolute Gasteiger partial charge is 0.370 e. The molecule has 0 aliphatic carbocycles. The van der Waals surface area contributed by atoms with Crippen molar-refractivity contribution in [2.75, 3.05) is 30.4 Å². The van der Waals surface area contributed by atoms with Crippen molar-refractivity contribution in [1.82, 2.24) is 15.0 Å². The quantitative estimate of drug-likeness (QED) is 0.810. The molecule has 2 heterocycles. The summed E-state index contributed by atoms with van der Waals surface area (Å²) in [6, 6.07) is 6.09. The molecule has 0 aliphatic rings. The van der Waals surface area contributed by atoms with Gasteiger partial charge in [-0.15, -0.1) is 0 Å². The summed E-state index contributed by atoms with van der Waals surface area (Å²) < 4.78 is 0. The van der Waals surface area contributed by atoms with Crippen molar-refractivity contribution in [3.63, 3.8) is 0 Å². The van der Waals surface area contributed by atoms with E-state index in [0.717, 1.165) is 43.4 Å². The lowest BCUT2D eigenvalue weighted by Gasteiger charge is -2.18. The SMILES string of the molecule is Cc1cc(NCCC(C)C)nc(N(C)CCc2ccncc2)n1. The Kier molecular flexibility index (Phi) is 6.32. The Bertz CT molecular complexity index is 598. The molecule has 0 radical (unpaired) electrons. The van der Waals surface area contributed by atoms with Crippen LogP contribution in [0.2, 0.25) is 0 Å². The van der Waals surface area contributed by atoms with E-state index in [2.05, 4.69) is 39.0 Å². The molecular weight excluding hydrogens is 286 g/mol. The van der Waals surface area contributed by atoms with Gasteiger partial charge in [0.05, 0.1) is 0 Å². The Hall–Kier alpha value is -2.17. The van der Waals surface area contributed by atoms with Crippen LogP contribution in [0, 0.1) is 12.8 Å². The van der Waals surface area contributed by atoms with Crippen LogP contribution in [-0.4, -0.2) is 35.1 Å². The minimum absolute atomic E-state index is 0.688. The summed E-state index contributed by atoms with van der Waals surface area (Å²) in [4.78, 5) is 15.3. The van der Waals surface area contributed by atoms with Crippen LogP contribution in [0.4, 0.5) is 11.8 Å². The molecule has 0 saturated heterocycles. The second-order valence-corrected chi connectivity index (χ2v) is 6.33. The fourth-order valence-electron chi connectivity index (χ4n) is 2.25. The Morgan fingerprint density at radius 3 is 2.61 bits per heavy atom. The number of hydrogen-bond donors (Lipinski definition) is 1. The Morgan fingerprint density at radius 1 is 1.17 bits per heavy atom. The van der Waals surface area contributed by atoms with E-state index >= 15 is 0 Å². The van der Waals surface area contributed by atoms with E-state index in [1.165, 1.54) is 5.56 Å². The van der Waals surface area contributed by atoms with Gasteiger partial charge in [-0.05, 0) is 43.4 Å². The standard InChI is InChI=1S/C18H27N5/c1-14(2)5-11-20-17-13-15(3)21-18(22-17)23(4)12-8-16-6-9-19-10-7-16/h6-7,9-10,13-14H,5,8,11-12H2,1-4H3,(H,20,21,22). The number of likely N-dealkylation sites (N-methyl/N-ethyl adjacent to an activating group) is 1. The van der Waals surface area contributed by atoms with Crippen molar-refractivity contribution in [1.29, 1.82) is 0 Å². The van der Waals surface area contributed by atoms with Crippen LogP contribution in [-0.2, 0) is 6.42 Å². The molecule has 0 atom stereocenters. The number of rotatable bonds is 8. The van der Waals surface area contributed by atoms with Crippen LogP contribution < -0.4 is 10.2 Å². The molecule has 2 aromatic heterocycles. The smallest absolute Gasteiger partial charge is 0.227 e. The van der Waals surface area contributed by atoms with Crippen LogP contribution in [0.1, 0.15) is 31.5 Å². The zero-order valence-corrected chi connectivity index (χ0v) is 14.6. The lowest BCUT2D eigenvalue weighted by molar-refractivity contribution is 0.606. The molecule has 0 amide bonds. The first-order valence-corrected chi connectivity index (χ1v) is 8.24. The lowest BCUT2D eigenvalue weighted by atomic mass is 10.1. The average Bonchev–Trinajstić information content (AvgIpc) is 2.52. The van der Waals surface area contributed by atoms with Crippen LogP contribution in [0.3, 0.4) is 0 Å². The number of nitrogens with one attached hydrogen (secondary N) is 1. The van der Waals surface area contributed by atoms with Crippen LogP contribution in [0.25, 0.3) is 0 Å². The van der Waals surface area contributed by atoms with E-state index in [-0.39, 0.29) is 0 Å². The summed E-state index contributed by atoms with van der Waals surface area (Å²) in [5.41, 5.74) is 2.26. The van der Waals surface area contributed by atoms with Gasteiger partial charge in [0.25, 0.3) is 0 Å². The van der Waals surface area contributed by atoms with Gasteiger partial charge in [0.15, 0.2) is 0 Å². The van der Waals surface area contributed by atoms with Gasteiger partial charge in [0.1, 0.15) is 5.82 Å². The highest BCUT2D eigenvalue weighted by Gasteiger charge is 2.08. The molecule has 2 rings (SSSR count). The highest BCUT2D eigenvalue weighted by Crippen LogP contribution is 2.14. The molecule has 0 aromatic carbocycles. The summed E-state index contributed by atoms with van der Waals surface area (Å²) in [6.45, 7) is 8.28. The third-order valence-electron chi connectivity index (χ3n) is 3.70. The van der Waals surface area contributed by atoms with E-state index in [1.54, 1.807) is 0 Å². The highest BCUT2D eigenvalue weighted by molar-refractivity contribution is 5.43. The van der Waals surface area contributed by atoms with E-state index in [0.29, 0.717) is 5.92 Å². The molecule has 124 valence electrons. The second-order valence-electron chi connectivity index (χ2n) is 6.33. The minimum Gasteiger partial charge on any atom is -0.370 e. The Morgan fingerprint density at radius 2 is 1.91 bits per heavy atom.